The Labute approximate surface area is 109 Å². The third-order valence-corrected chi connectivity index (χ3v) is 5.02. The lowest BCUT2D eigenvalue weighted by atomic mass is 9.89. The molecule has 1 N–H and O–H groups in total. The van der Waals surface area contributed by atoms with Crippen molar-refractivity contribution in [1.82, 2.24) is 10.2 Å². The molecule has 1 unspecified atom stereocenters. The van der Waals surface area contributed by atoms with Crippen molar-refractivity contribution in [3.8, 4) is 0 Å². The number of nitrogens with zero attached hydrogens (tertiary/aromatic N) is 1. The Hall–Kier alpha value is -0.380. The molecule has 0 aromatic carbocycles. The molecule has 1 saturated carbocycles. The van der Waals surface area contributed by atoms with Gasteiger partial charge in [-0.15, -0.1) is 0 Å². The van der Waals surface area contributed by atoms with Gasteiger partial charge in [0, 0.05) is 18.1 Å². The maximum absolute atomic E-state index is 3.40. The maximum atomic E-state index is 3.40. The van der Waals surface area contributed by atoms with E-state index in [1.807, 2.05) is 0 Å². The second kappa shape index (κ2) is 5.98. The molecule has 1 aliphatic rings. The minimum Gasteiger partial charge on any atom is -0.317 e. The molecule has 0 spiro atoms. The Kier molecular flexibility index (Phi) is 4.60. The first-order valence-corrected chi connectivity index (χ1v) is 7.58. The number of hydrogen-bond donors (Lipinski definition) is 1. The van der Waals surface area contributed by atoms with Crippen molar-refractivity contribution >= 4 is 11.3 Å². The quantitative estimate of drug-likeness (QED) is 0.885. The van der Waals surface area contributed by atoms with Gasteiger partial charge in [0.15, 0.2) is 0 Å². The molecule has 1 atom stereocenters. The maximum Gasteiger partial charge on any atom is 0.0328 e. The van der Waals surface area contributed by atoms with Gasteiger partial charge >= 0.3 is 0 Å². The predicted molar refractivity (Wildman–Crippen MR) is 75.6 cm³/mol. The van der Waals surface area contributed by atoms with E-state index in [9.17, 15) is 0 Å². The van der Waals surface area contributed by atoms with Crippen LogP contribution in [0, 0.1) is 0 Å². The van der Waals surface area contributed by atoms with Gasteiger partial charge in [0.1, 0.15) is 0 Å². The van der Waals surface area contributed by atoms with Gasteiger partial charge in [0.2, 0.25) is 0 Å². The third kappa shape index (κ3) is 3.09. The highest BCUT2D eigenvalue weighted by Crippen LogP contribution is 2.29. The molecule has 3 heteroatoms. The summed E-state index contributed by atoms with van der Waals surface area (Å²) in [4.78, 5) is 2.56. The van der Waals surface area contributed by atoms with Gasteiger partial charge < -0.3 is 5.32 Å². The molecular formula is C14H24N2S. The Balaban J connectivity index is 1.90. The zero-order valence-corrected chi connectivity index (χ0v) is 12.0. The van der Waals surface area contributed by atoms with Crippen LogP contribution in [0.2, 0.25) is 0 Å². The Bertz CT molecular complexity index is 315. The Morgan fingerprint density at radius 2 is 2.06 bits per heavy atom. The van der Waals surface area contributed by atoms with Crippen LogP contribution >= 0.6 is 11.3 Å². The lowest BCUT2D eigenvalue weighted by Crippen LogP contribution is -2.40. The van der Waals surface area contributed by atoms with Crippen LogP contribution in [0.5, 0.6) is 0 Å². The fourth-order valence-electron chi connectivity index (χ4n) is 2.84. The molecule has 17 heavy (non-hydrogen) atoms. The highest BCUT2D eigenvalue weighted by Gasteiger charge is 2.26. The van der Waals surface area contributed by atoms with Crippen molar-refractivity contribution in [3.63, 3.8) is 0 Å². The monoisotopic (exact) mass is 252 g/mol. The summed E-state index contributed by atoms with van der Waals surface area (Å²) in [6, 6.07) is 4.31. The topological polar surface area (TPSA) is 15.3 Å². The third-order valence-electron chi connectivity index (χ3n) is 4.32. The first-order chi connectivity index (χ1) is 8.22. The largest absolute Gasteiger partial charge is 0.317 e. The molecule has 1 aliphatic carbocycles. The van der Waals surface area contributed by atoms with Gasteiger partial charge in [-0.1, -0.05) is 0 Å². The minimum absolute atomic E-state index is 0.553. The van der Waals surface area contributed by atoms with Crippen molar-refractivity contribution < 1.29 is 0 Å². The average Bonchev–Trinajstić information content (AvgIpc) is 2.91. The molecule has 0 radical (unpaired) electrons. The first-order valence-electron chi connectivity index (χ1n) is 6.63. The second-order valence-electron chi connectivity index (χ2n) is 5.19. The number of thiophene rings is 1. The molecule has 1 fully saturated rings. The molecule has 0 saturated heterocycles. The summed E-state index contributed by atoms with van der Waals surface area (Å²) in [5, 5.41) is 7.86. The SMILES string of the molecule is CNC1CCC(N(C)C(C)c2ccsc2)CC1. The van der Waals surface area contributed by atoms with Crippen molar-refractivity contribution in [2.75, 3.05) is 14.1 Å². The lowest BCUT2D eigenvalue weighted by Gasteiger charge is -2.37. The highest BCUT2D eigenvalue weighted by molar-refractivity contribution is 7.07. The smallest absolute Gasteiger partial charge is 0.0328 e. The molecule has 2 nitrogen and oxygen atoms in total. The predicted octanol–water partition coefficient (Wildman–Crippen LogP) is 3.27. The van der Waals surface area contributed by atoms with Gasteiger partial charge in [-0.25, -0.2) is 0 Å². The number of rotatable bonds is 4. The van der Waals surface area contributed by atoms with E-state index in [-0.39, 0.29) is 0 Å². The summed E-state index contributed by atoms with van der Waals surface area (Å²) in [7, 11) is 4.37. The van der Waals surface area contributed by atoms with Crippen LogP contribution in [0.1, 0.15) is 44.2 Å². The molecule has 1 aromatic rings. The zero-order chi connectivity index (χ0) is 12.3. The van der Waals surface area contributed by atoms with Crippen LogP contribution in [-0.4, -0.2) is 31.1 Å². The summed E-state index contributed by atoms with van der Waals surface area (Å²) in [5.41, 5.74) is 1.47. The molecule has 2 rings (SSSR count). The normalized spacial score (nSPS) is 27.3. The lowest BCUT2D eigenvalue weighted by molar-refractivity contribution is 0.136. The van der Waals surface area contributed by atoms with E-state index in [0.717, 1.165) is 12.1 Å². The van der Waals surface area contributed by atoms with E-state index in [2.05, 4.69) is 48.1 Å². The highest BCUT2D eigenvalue weighted by atomic mass is 32.1. The Morgan fingerprint density at radius 1 is 1.35 bits per heavy atom. The summed E-state index contributed by atoms with van der Waals surface area (Å²) in [6.07, 6.45) is 5.30. The van der Waals surface area contributed by atoms with E-state index >= 15 is 0 Å². The summed E-state index contributed by atoms with van der Waals surface area (Å²) < 4.78 is 0. The standard InChI is InChI=1S/C14H24N2S/c1-11(12-8-9-17-10-12)16(3)14-6-4-13(15-2)5-7-14/h8-11,13-15H,4-7H2,1-3H3. The fourth-order valence-corrected chi connectivity index (χ4v) is 3.58. The van der Waals surface area contributed by atoms with Crippen LogP contribution in [0.3, 0.4) is 0 Å². The van der Waals surface area contributed by atoms with E-state index in [0.29, 0.717) is 6.04 Å². The molecule has 0 aliphatic heterocycles. The van der Waals surface area contributed by atoms with E-state index in [1.54, 1.807) is 11.3 Å². The van der Waals surface area contributed by atoms with Crippen LogP contribution < -0.4 is 5.32 Å². The van der Waals surface area contributed by atoms with Gasteiger partial charge in [-0.05, 0) is 69.1 Å². The van der Waals surface area contributed by atoms with E-state index in [1.165, 1.54) is 31.2 Å². The van der Waals surface area contributed by atoms with Crippen LogP contribution in [-0.2, 0) is 0 Å². The molecule has 0 amide bonds. The zero-order valence-electron chi connectivity index (χ0n) is 11.1. The minimum atomic E-state index is 0.553. The molecule has 0 bridgehead atoms. The van der Waals surface area contributed by atoms with Crippen molar-refractivity contribution in [2.24, 2.45) is 0 Å². The van der Waals surface area contributed by atoms with E-state index < -0.39 is 0 Å². The first kappa shape index (κ1) is 13.1. The molecule has 96 valence electrons. The van der Waals surface area contributed by atoms with Gasteiger partial charge in [0.25, 0.3) is 0 Å². The van der Waals surface area contributed by atoms with Crippen LogP contribution in [0.15, 0.2) is 16.8 Å². The molecular weight excluding hydrogens is 228 g/mol. The summed E-state index contributed by atoms with van der Waals surface area (Å²) >= 11 is 1.80. The fraction of sp³-hybridized carbons (Fsp3) is 0.714. The number of nitrogens with one attached hydrogen (secondary N) is 1. The van der Waals surface area contributed by atoms with Gasteiger partial charge in [-0.3, -0.25) is 4.90 Å². The molecule has 1 aromatic heterocycles. The molecule has 1 heterocycles. The van der Waals surface area contributed by atoms with Crippen LogP contribution in [0.4, 0.5) is 0 Å². The van der Waals surface area contributed by atoms with Crippen molar-refractivity contribution in [2.45, 2.75) is 50.7 Å². The summed E-state index contributed by atoms with van der Waals surface area (Å²) in [6.45, 7) is 2.33. The van der Waals surface area contributed by atoms with Gasteiger partial charge in [-0.2, -0.15) is 11.3 Å². The average molecular weight is 252 g/mol. The van der Waals surface area contributed by atoms with Crippen molar-refractivity contribution in [3.05, 3.63) is 22.4 Å². The summed E-state index contributed by atoms with van der Waals surface area (Å²) in [5.74, 6) is 0. The second-order valence-corrected chi connectivity index (χ2v) is 5.97. The number of hydrogen-bond acceptors (Lipinski definition) is 3. The van der Waals surface area contributed by atoms with Gasteiger partial charge in [0.05, 0.1) is 0 Å². The van der Waals surface area contributed by atoms with E-state index in [4.69, 9.17) is 0 Å². The van der Waals surface area contributed by atoms with Crippen molar-refractivity contribution in [1.29, 1.82) is 0 Å². The Morgan fingerprint density at radius 3 is 2.59 bits per heavy atom. The van der Waals surface area contributed by atoms with Crippen LogP contribution in [0.25, 0.3) is 0 Å².